The van der Waals surface area contributed by atoms with Crippen molar-refractivity contribution in [1.82, 2.24) is 19.1 Å². The number of pyridine rings is 1. The lowest BCUT2D eigenvalue weighted by molar-refractivity contribution is -0.144. The van der Waals surface area contributed by atoms with Crippen LogP contribution in [-0.2, 0) is 30.2 Å². The lowest BCUT2D eigenvalue weighted by Gasteiger charge is -2.37. The third kappa shape index (κ3) is 6.46. The number of hydrogen-bond donors (Lipinski definition) is 0. The van der Waals surface area contributed by atoms with Crippen LogP contribution in [0.15, 0.2) is 54.9 Å². The van der Waals surface area contributed by atoms with Crippen molar-refractivity contribution in [3.05, 3.63) is 60.4 Å². The molecule has 0 radical (unpaired) electrons. The van der Waals surface area contributed by atoms with Gasteiger partial charge in [0.15, 0.2) is 5.78 Å². The molecule has 5 rings (SSSR count). The Morgan fingerprint density at radius 2 is 1.73 bits per heavy atom. The highest BCUT2D eigenvalue weighted by Crippen LogP contribution is 2.35. The largest absolute Gasteiger partial charge is 0.368 e. The predicted molar refractivity (Wildman–Crippen MR) is 155 cm³/mol. The molecular weight excluding hydrogens is 542 g/mol. The maximum atomic E-state index is 13.9. The lowest BCUT2D eigenvalue weighted by atomic mass is 9.91. The molecule has 3 saturated heterocycles. The number of nitrogens with zero attached hydrogens (tertiary/aromatic N) is 5. The summed E-state index contributed by atoms with van der Waals surface area (Å²) in [5, 5.41) is 0. The van der Waals surface area contributed by atoms with E-state index in [0.29, 0.717) is 38.0 Å². The predicted octanol–water partition coefficient (Wildman–Crippen LogP) is 2.17. The van der Waals surface area contributed by atoms with Gasteiger partial charge in [-0.2, -0.15) is 4.31 Å². The lowest BCUT2D eigenvalue weighted by Crippen LogP contribution is -2.50. The van der Waals surface area contributed by atoms with Crippen molar-refractivity contribution < 1.29 is 22.8 Å². The van der Waals surface area contributed by atoms with Gasteiger partial charge in [0.25, 0.3) is 0 Å². The maximum absolute atomic E-state index is 13.9. The summed E-state index contributed by atoms with van der Waals surface area (Å²) in [6, 6.07) is 12.1. The average molecular weight is 582 g/mol. The monoisotopic (exact) mass is 581 g/mol. The van der Waals surface area contributed by atoms with Gasteiger partial charge in [-0.25, -0.2) is 8.42 Å². The van der Waals surface area contributed by atoms with E-state index in [9.17, 15) is 22.8 Å². The van der Waals surface area contributed by atoms with Crippen LogP contribution in [0.2, 0.25) is 0 Å². The van der Waals surface area contributed by atoms with Gasteiger partial charge >= 0.3 is 0 Å². The van der Waals surface area contributed by atoms with Crippen molar-refractivity contribution >= 4 is 33.3 Å². The number of anilines is 1. The number of Topliss-reactive ketones (excluding diaryl/α,β-unsaturated/α-hetero) is 1. The topological polar surface area (TPSA) is 111 Å². The molecule has 0 saturated carbocycles. The Kier molecular flexibility index (Phi) is 8.74. The molecule has 3 fully saturated rings. The van der Waals surface area contributed by atoms with Gasteiger partial charge in [0.2, 0.25) is 21.8 Å². The number of piperazine rings is 1. The fourth-order valence-corrected chi connectivity index (χ4v) is 8.14. The molecule has 1 aromatic heterocycles. The molecule has 2 amide bonds. The van der Waals surface area contributed by atoms with E-state index < -0.39 is 28.0 Å². The summed E-state index contributed by atoms with van der Waals surface area (Å²) in [6.45, 7) is 6.74. The fourth-order valence-electron chi connectivity index (χ4n) is 6.43. The fraction of sp³-hybridized carbons (Fsp3) is 0.533. The van der Waals surface area contributed by atoms with Crippen molar-refractivity contribution in [2.75, 3.05) is 44.2 Å². The van der Waals surface area contributed by atoms with Gasteiger partial charge in [-0.3, -0.25) is 19.4 Å². The normalized spacial score (nSPS) is 22.3. The number of benzene rings is 1. The van der Waals surface area contributed by atoms with E-state index in [1.165, 1.54) is 10.5 Å². The Hall–Kier alpha value is -3.31. The van der Waals surface area contributed by atoms with Crippen molar-refractivity contribution in [2.24, 2.45) is 11.8 Å². The molecule has 1 aromatic carbocycles. The Bertz CT molecular complexity index is 1350. The second-order valence-electron chi connectivity index (χ2n) is 11.7. The number of likely N-dealkylation sites (tertiary alicyclic amines) is 1. The molecule has 3 unspecified atom stereocenters. The molecule has 220 valence electrons. The van der Waals surface area contributed by atoms with E-state index in [2.05, 4.69) is 22.0 Å². The van der Waals surface area contributed by atoms with Gasteiger partial charge in [0, 0.05) is 63.1 Å². The zero-order valence-electron chi connectivity index (χ0n) is 23.8. The third-order valence-corrected chi connectivity index (χ3v) is 10.2. The maximum Gasteiger partial charge on any atom is 0.226 e. The van der Waals surface area contributed by atoms with Crippen LogP contribution >= 0.6 is 0 Å². The van der Waals surface area contributed by atoms with Crippen LogP contribution in [0, 0.1) is 11.8 Å². The minimum Gasteiger partial charge on any atom is -0.368 e. The highest BCUT2D eigenvalue weighted by Gasteiger charge is 2.54. The summed E-state index contributed by atoms with van der Waals surface area (Å²) in [5.74, 6) is -1.15. The number of aromatic nitrogens is 1. The highest BCUT2D eigenvalue weighted by atomic mass is 32.2. The Balaban J connectivity index is 1.24. The van der Waals surface area contributed by atoms with Crippen molar-refractivity contribution in [2.45, 2.75) is 50.9 Å². The standard InChI is InChI=1S/C30H39N5O5S/c1-22(2)17-24(18-28(37)33-15-13-32(14-16-33)25-8-4-3-5-9-25)30(38)34-12-10-26-29(34)27(36)20-35(26)41(39,40)21-23-7-6-11-31-19-23/h3-9,11,19,22,24,26,29H,10,12-18,20-21H2,1-2H3. The van der Waals surface area contributed by atoms with Crippen LogP contribution in [0.4, 0.5) is 5.69 Å². The molecule has 3 aliphatic heterocycles. The molecule has 0 spiro atoms. The quantitative estimate of drug-likeness (QED) is 0.446. The van der Waals surface area contributed by atoms with Gasteiger partial charge < -0.3 is 14.7 Å². The number of rotatable bonds is 9. The van der Waals surface area contributed by atoms with E-state index in [0.717, 1.165) is 18.8 Å². The number of fused-ring (bicyclic) bond motifs is 1. The smallest absolute Gasteiger partial charge is 0.226 e. The number of sulfonamides is 1. The molecule has 11 heteroatoms. The number of amides is 2. The number of ketones is 1. The zero-order chi connectivity index (χ0) is 29.1. The van der Waals surface area contributed by atoms with E-state index in [1.807, 2.05) is 36.9 Å². The Morgan fingerprint density at radius 1 is 1.00 bits per heavy atom. The van der Waals surface area contributed by atoms with Gasteiger partial charge in [-0.05, 0) is 42.5 Å². The number of hydrogen-bond acceptors (Lipinski definition) is 7. The van der Waals surface area contributed by atoms with E-state index >= 15 is 0 Å². The third-order valence-electron chi connectivity index (χ3n) is 8.37. The van der Waals surface area contributed by atoms with Gasteiger partial charge in [0.1, 0.15) is 6.04 Å². The summed E-state index contributed by atoms with van der Waals surface area (Å²) in [4.78, 5) is 50.1. The Morgan fingerprint density at radius 3 is 2.39 bits per heavy atom. The minimum atomic E-state index is -3.78. The van der Waals surface area contributed by atoms with Crippen LogP contribution < -0.4 is 4.90 Å². The minimum absolute atomic E-state index is 0.0501. The summed E-state index contributed by atoms with van der Waals surface area (Å²) in [6.07, 6.45) is 4.10. The molecule has 3 atom stereocenters. The van der Waals surface area contributed by atoms with E-state index in [4.69, 9.17) is 0 Å². The van der Waals surface area contributed by atoms with Gasteiger partial charge in [-0.1, -0.05) is 38.1 Å². The van der Waals surface area contributed by atoms with Crippen molar-refractivity contribution in [3.63, 3.8) is 0 Å². The summed E-state index contributed by atoms with van der Waals surface area (Å²) < 4.78 is 27.8. The summed E-state index contributed by atoms with van der Waals surface area (Å²) in [5.41, 5.74) is 1.68. The van der Waals surface area contributed by atoms with Crippen LogP contribution in [-0.4, -0.2) is 96.5 Å². The molecule has 4 heterocycles. The molecule has 3 aliphatic rings. The Labute approximate surface area is 242 Å². The molecule has 0 bridgehead atoms. The van der Waals surface area contributed by atoms with Crippen LogP contribution in [0.1, 0.15) is 38.7 Å². The molecule has 0 aliphatic carbocycles. The van der Waals surface area contributed by atoms with Crippen LogP contribution in [0.5, 0.6) is 0 Å². The number of carbonyl (C=O) groups is 3. The first-order valence-corrected chi connectivity index (χ1v) is 16.0. The zero-order valence-corrected chi connectivity index (χ0v) is 24.6. The van der Waals surface area contributed by atoms with Crippen molar-refractivity contribution in [3.8, 4) is 0 Å². The molecule has 2 aromatic rings. The highest BCUT2D eigenvalue weighted by molar-refractivity contribution is 7.88. The van der Waals surface area contributed by atoms with Crippen LogP contribution in [0.3, 0.4) is 0 Å². The van der Waals surface area contributed by atoms with E-state index in [-0.39, 0.29) is 42.2 Å². The second kappa shape index (κ2) is 12.3. The van der Waals surface area contributed by atoms with Crippen LogP contribution in [0.25, 0.3) is 0 Å². The second-order valence-corrected chi connectivity index (χ2v) is 13.6. The number of carbonyl (C=O) groups excluding carboxylic acids is 3. The molecule has 41 heavy (non-hydrogen) atoms. The molecule has 0 N–H and O–H groups in total. The first-order valence-electron chi connectivity index (χ1n) is 14.4. The summed E-state index contributed by atoms with van der Waals surface area (Å²) >= 11 is 0. The first kappa shape index (κ1) is 29.2. The van der Waals surface area contributed by atoms with Crippen molar-refractivity contribution in [1.29, 1.82) is 0 Å². The summed E-state index contributed by atoms with van der Waals surface area (Å²) in [7, 11) is -3.78. The number of para-hydroxylation sites is 1. The molecular formula is C30H39N5O5S. The van der Waals surface area contributed by atoms with E-state index in [1.54, 1.807) is 23.2 Å². The molecule has 10 nitrogen and oxygen atoms in total. The van der Waals surface area contributed by atoms with Gasteiger partial charge in [-0.15, -0.1) is 0 Å². The first-order chi connectivity index (χ1) is 19.6. The average Bonchev–Trinajstić information content (AvgIpc) is 3.54. The SMILES string of the molecule is CC(C)CC(CC(=O)N1CCN(c2ccccc2)CC1)C(=O)N1CCC2C1C(=O)CN2S(=O)(=O)Cc1cccnc1. The van der Waals surface area contributed by atoms with Gasteiger partial charge in [0.05, 0.1) is 18.3 Å².